The van der Waals surface area contributed by atoms with Crippen LogP contribution in [0.15, 0.2) is 53.6 Å². The van der Waals surface area contributed by atoms with Gasteiger partial charge in [0.1, 0.15) is 5.82 Å². The quantitative estimate of drug-likeness (QED) is 0.810. The first-order valence-corrected chi connectivity index (χ1v) is 6.79. The van der Waals surface area contributed by atoms with Crippen LogP contribution in [-0.2, 0) is 6.42 Å². The van der Waals surface area contributed by atoms with E-state index in [1.54, 1.807) is 18.0 Å². The Morgan fingerprint density at radius 2 is 1.94 bits per heavy atom. The first-order chi connectivity index (χ1) is 8.75. The first-order valence-electron chi connectivity index (χ1n) is 5.81. The van der Waals surface area contributed by atoms with Crippen molar-refractivity contribution in [2.75, 3.05) is 11.5 Å². The van der Waals surface area contributed by atoms with Crippen LogP contribution in [0, 0.1) is 0 Å². The molecule has 0 amide bonds. The molecule has 1 atom stereocenters. The molecule has 0 aliphatic rings. The zero-order valence-electron chi connectivity index (χ0n) is 9.99. The zero-order chi connectivity index (χ0) is 12.8. The molecule has 2 aromatic rings. The highest BCUT2D eigenvalue weighted by Gasteiger charge is 2.09. The maximum atomic E-state index is 9.98. The van der Waals surface area contributed by atoms with Gasteiger partial charge in [0, 0.05) is 23.3 Å². The van der Waals surface area contributed by atoms with E-state index in [0.717, 1.165) is 10.5 Å². The Labute approximate surface area is 111 Å². The van der Waals surface area contributed by atoms with Crippen LogP contribution < -0.4 is 5.73 Å². The van der Waals surface area contributed by atoms with Gasteiger partial charge >= 0.3 is 0 Å². The Kier molecular flexibility index (Phi) is 4.61. The molecule has 1 heterocycles. The molecule has 1 aromatic heterocycles. The second-order valence-corrected chi connectivity index (χ2v) is 5.12. The zero-order valence-corrected chi connectivity index (χ0v) is 10.8. The molecule has 0 bridgehead atoms. The number of benzene rings is 1. The fourth-order valence-electron chi connectivity index (χ4n) is 1.65. The van der Waals surface area contributed by atoms with Crippen LogP contribution in [0.25, 0.3) is 0 Å². The van der Waals surface area contributed by atoms with Crippen molar-refractivity contribution >= 4 is 17.6 Å². The monoisotopic (exact) mass is 260 g/mol. The summed E-state index contributed by atoms with van der Waals surface area (Å²) in [5.41, 5.74) is 6.65. The van der Waals surface area contributed by atoms with Crippen molar-refractivity contribution < 1.29 is 5.11 Å². The number of aliphatic hydroxyl groups excluding tert-OH is 1. The van der Waals surface area contributed by atoms with Gasteiger partial charge in [-0.05, 0) is 23.8 Å². The standard InChI is InChI=1S/C14H16N2OS/c15-14-11(5-4-8-16-14)9-12(17)10-18-13-6-2-1-3-7-13/h1-8,12,17H,9-10H2,(H2,15,16). The molecule has 94 valence electrons. The summed E-state index contributed by atoms with van der Waals surface area (Å²) < 4.78 is 0. The number of thioether (sulfide) groups is 1. The van der Waals surface area contributed by atoms with Crippen LogP contribution in [0.2, 0.25) is 0 Å². The van der Waals surface area contributed by atoms with Crippen molar-refractivity contribution in [2.24, 2.45) is 0 Å². The summed E-state index contributed by atoms with van der Waals surface area (Å²) >= 11 is 1.64. The van der Waals surface area contributed by atoms with Gasteiger partial charge in [0.2, 0.25) is 0 Å². The molecular weight excluding hydrogens is 244 g/mol. The highest BCUT2D eigenvalue weighted by Crippen LogP contribution is 2.20. The fraction of sp³-hybridized carbons (Fsp3) is 0.214. The van der Waals surface area contributed by atoms with Crippen LogP contribution >= 0.6 is 11.8 Å². The molecule has 2 rings (SSSR count). The van der Waals surface area contributed by atoms with Crippen molar-refractivity contribution in [3.05, 3.63) is 54.2 Å². The molecule has 3 N–H and O–H groups in total. The molecule has 0 fully saturated rings. The number of nitrogens with zero attached hydrogens (tertiary/aromatic N) is 1. The Morgan fingerprint density at radius 1 is 1.17 bits per heavy atom. The van der Waals surface area contributed by atoms with Crippen molar-refractivity contribution in [2.45, 2.75) is 17.4 Å². The molecule has 0 radical (unpaired) electrons. The van der Waals surface area contributed by atoms with Crippen molar-refractivity contribution in [1.29, 1.82) is 0 Å². The van der Waals surface area contributed by atoms with Crippen molar-refractivity contribution in [3.63, 3.8) is 0 Å². The van der Waals surface area contributed by atoms with Gasteiger partial charge in [-0.2, -0.15) is 0 Å². The molecule has 1 aromatic carbocycles. The van der Waals surface area contributed by atoms with Crippen LogP contribution in [0.3, 0.4) is 0 Å². The van der Waals surface area contributed by atoms with E-state index in [9.17, 15) is 5.11 Å². The highest BCUT2D eigenvalue weighted by molar-refractivity contribution is 7.99. The van der Waals surface area contributed by atoms with Crippen LogP contribution in [0.5, 0.6) is 0 Å². The van der Waals surface area contributed by atoms with Crippen LogP contribution in [-0.4, -0.2) is 21.9 Å². The van der Waals surface area contributed by atoms with Gasteiger partial charge in [-0.25, -0.2) is 4.98 Å². The molecule has 0 aliphatic heterocycles. The molecule has 18 heavy (non-hydrogen) atoms. The minimum atomic E-state index is -0.415. The first kappa shape index (κ1) is 12.9. The average Bonchev–Trinajstić information content (AvgIpc) is 2.40. The number of nitrogens with two attached hydrogens (primary N) is 1. The summed E-state index contributed by atoms with van der Waals surface area (Å²) in [7, 11) is 0. The van der Waals surface area contributed by atoms with Gasteiger partial charge in [-0.15, -0.1) is 11.8 Å². The molecule has 4 heteroatoms. The van der Waals surface area contributed by atoms with Crippen LogP contribution in [0.1, 0.15) is 5.56 Å². The molecule has 0 spiro atoms. The van der Waals surface area contributed by atoms with E-state index >= 15 is 0 Å². The average molecular weight is 260 g/mol. The normalized spacial score (nSPS) is 12.3. The smallest absolute Gasteiger partial charge is 0.126 e. The maximum Gasteiger partial charge on any atom is 0.126 e. The minimum absolute atomic E-state index is 0.415. The summed E-state index contributed by atoms with van der Waals surface area (Å²) in [4.78, 5) is 5.17. The van der Waals surface area contributed by atoms with Gasteiger partial charge in [0.05, 0.1) is 6.10 Å². The third-order valence-corrected chi connectivity index (χ3v) is 3.72. The lowest BCUT2D eigenvalue weighted by molar-refractivity contribution is 0.200. The number of rotatable bonds is 5. The fourth-order valence-corrected chi connectivity index (χ4v) is 2.50. The predicted octanol–water partition coefficient (Wildman–Crippen LogP) is 2.36. The lowest BCUT2D eigenvalue weighted by atomic mass is 10.1. The van der Waals surface area contributed by atoms with Crippen molar-refractivity contribution in [1.82, 2.24) is 4.98 Å². The van der Waals surface area contributed by atoms with Gasteiger partial charge in [-0.1, -0.05) is 24.3 Å². The third kappa shape index (κ3) is 3.75. The number of pyridine rings is 1. The topological polar surface area (TPSA) is 59.1 Å². The summed E-state index contributed by atoms with van der Waals surface area (Å²) in [6, 6.07) is 13.8. The summed E-state index contributed by atoms with van der Waals surface area (Å²) in [6.07, 6.45) is 1.78. The second-order valence-electron chi connectivity index (χ2n) is 4.03. The molecule has 1 unspecified atom stereocenters. The number of anilines is 1. The van der Waals surface area contributed by atoms with E-state index in [1.807, 2.05) is 42.5 Å². The third-order valence-electron chi connectivity index (χ3n) is 2.57. The maximum absolute atomic E-state index is 9.98. The van der Waals surface area contributed by atoms with Gasteiger partial charge in [-0.3, -0.25) is 0 Å². The van der Waals surface area contributed by atoms with Gasteiger partial charge in [0.15, 0.2) is 0 Å². The second kappa shape index (κ2) is 6.42. The lowest BCUT2D eigenvalue weighted by Crippen LogP contribution is -2.15. The number of hydrogen-bond donors (Lipinski definition) is 2. The number of hydrogen-bond acceptors (Lipinski definition) is 4. The largest absolute Gasteiger partial charge is 0.392 e. The molecule has 3 nitrogen and oxygen atoms in total. The van der Waals surface area contributed by atoms with E-state index in [0.29, 0.717) is 18.0 Å². The van der Waals surface area contributed by atoms with E-state index in [1.165, 1.54) is 0 Å². The molecular formula is C14H16N2OS. The van der Waals surface area contributed by atoms with E-state index in [2.05, 4.69) is 4.98 Å². The van der Waals surface area contributed by atoms with E-state index < -0.39 is 6.10 Å². The van der Waals surface area contributed by atoms with Crippen LogP contribution in [0.4, 0.5) is 5.82 Å². The predicted molar refractivity (Wildman–Crippen MR) is 75.5 cm³/mol. The summed E-state index contributed by atoms with van der Waals surface area (Å²) in [5.74, 6) is 1.15. The van der Waals surface area contributed by atoms with E-state index in [-0.39, 0.29) is 0 Å². The molecule has 0 aliphatic carbocycles. The molecule has 0 saturated heterocycles. The Balaban J connectivity index is 1.86. The lowest BCUT2D eigenvalue weighted by Gasteiger charge is -2.11. The Hall–Kier alpha value is -1.52. The van der Waals surface area contributed by atoms with E-state index in [4.69, 9.17) is 5.73 Å². The SMILES string of the molecule is Nc1ncccc1CC(O)CSc1ccccc1. The molecule has 0 saturated carbocycles. The van der Waals surface area contributed by atoms with Gasteiger partial charge in [0.25, 0.3) is 0 Å². The number of aliphatic hydroxyl groups is 1. The highest BCUT2D eigenvalue weighted by atomic mass is 32.2. The Morgan fingerprint density at radius 3 is 2.67 bits per heavy atom. The summed E-state index contributed by atoms with van der Waals surface area (Å²) in [6.45, 7) is 0. The number of aromatic nitrogens is 1. The Bertz CT molecular complexity index is 490. The van der Waals surface area contributed by atoms with Crippen molar-refractivity contribution in [3.8, 4) is 0 Å². The number of nitrogen functional groups attached to an aromatic ring is 1. The minimum Gasteiger partial charge on any atom is -0.392 e. The van der Waals surface area contributed by atoms with Gasteiger partial charge < -0.3 is 10.8 Å². The summed E-state index contributed by atoms with van der Waals surface area (Å²) in [5, 5.41) is 9.98.